The molecule has 2 aromatic carbocycles. The monoisotopic (exact) mass is 252 g/mol. The molecule has 0 amide bonds. The molecule has 0 spiro atoms. The minimum atomic E-state index is -0.916. The molecule has 19 heavy (non-hydrogen) atoms. The Labute approximate surface area is 107 Å². The van der Waals surface area contributed by atoms with Crippen LogP contribution in [0.15, 0.2) is 36.4 Å². The smallest absolute Gasteiger partial charge is 0.292 e. The Morgan fingerprint density at radius 1 is 1.00 bits per heavy atom. The minimum Gasteiger partial charge on any atom is -0.292 e. The molecule has 0 bridgehead atoms. The van der Waals surface area contributed by atoms with Gasteiger partial charge in [-0.15, -0.1) is 0 Å². The second kappa shape index (κ2) is 3.52. The Hall–Kier alpha value is -2.46. The molecule has 4 rings (SSSR count). The van der Waals surface area contributed by atoms with E-state index in [-0.39, 0.29) is 5.78 Å². The van der Waals surface area contributed by atoms with Crippen LogP contribution in [0.3, 0.4) is 0 Å². The molecule has 1 aliphatic heterocycles. The third-order valence-corrected chi connectivity index (χ3v) is 3.47. The van der Waals surface area contributed by atoms with Crippen molar-refractivity contribution >= 4 is 34.2 Å². The van der Waals surface area contributed by atoms with Crippen molar-refractivity contribution in [1.29, 1.82) is 0 Å². The van der Waals surface area contributed by atoms with Crippen molar-refractivity contribution in [1.82, 2.24) is 0 Å². The van der Waals surface area contributed by atoms with Crippen LogP contribution in [0.5, 0.6) is 0 Å². The van der Waals surface area contributed by atoms with E-state index in [4.69, 9.17) is 4.89 Å². The number of Topliss-reactive ketones (excluding diaryl/α,β-unsaturated/α-hetero) is 1. The van der Waals surface area contributed by atoms with Gasteiger partial charge in [-0.2, -0.15) is 4.89 Å². The molecule has 1 aliphatic carbocycles. The number of rotatable bonds is 0. The molecule has 1 heterocycles. The van der Waals surface area contributed by atoms with Crippen LogP contribution in [0.25, 0.3) is 22.4 Å². The third-order valence-electron chi connectivity index (χ3n) is 3.47. The normalized spacial score (nSPS) is 20.8. The molecule has 1 fully saturated rings. The van der Waals surface area contributed by atoms with Gasteiger partial charge in [0.2, 0.25) is 0 Å². The van der Waals surface area contributed by atoms with Crippen molar-refractivity contribution < 1.29 is 19.4 Å². The highest BCUT2D eigenvalue weighted by Crippen LogP contribution is 2.21. The third kappa shape index (κ3) is 1.37. The Morgan fingerprint density at radius 2 is 1.74 bits per heavy atom. The molecule has 1 atom stereocenters. The van der Waals surface area contributed by atoms with E-state index in [1.54, 1.807) is 0 Å². The van der Waals surface area contributed by atoms with Gasteiger partial charge in [0.25, 0.3) is 0 Å². The molecule has 4 heteroatoms. The number of hydrogen-bond acceptors (Lipinski definition) is 4. The number of fused-ring (bicyclic) bond motifs is 3. The molecular weight excluding hydrogens is 244 g/mol. The summed E-state index contributed by atoms with van der Waals surface area (Å²) in [6.45, 7) is 0. The zero-order valence-electron chi connectivity index (χ0n) is 9.75. The maximum atomic E-state index is 11.9. The van der Waals surface area contributed by atoms with Crippen LogP contribution in [0.1, 0.15) is 0 Å². The Morgan fingerprint density at radius 3 is 2.53 bits per heavy atom. The lowest BCUT2D eigenvalue weighted by atomic mass is 9.94. The van der Waals surface area contributed by atoms with Crippen molar-refractivity contribution in [3.63, 3.8) is 0 Å². The predicted molar refractivity (Wildman–Crippen MR) is 67.0 cm³/mol. The molecule has 0 aromatic heterocycles. The first kappa shape index (κ1) is 10.5. The van der Waals surface area contributed by atoms with Crippen molar-refractivity contribution in [3.05, 3.63) is 46.8 Å². The predicted octanol–water partition coefficient (Wildman–Crippen LogP) is 0.211. The molecule has 0 saturated carbocycles. The van der Waals surface area contributed by atoms with Crippen LogP contribution in [0.4, 0.5) is 0 Å². The van der Waals surface area contributed by atoms with Gasteiger partial charge in [0.05, 0.1) is 5.57 Å². The van der Waals surface area contributed by atoms with Crippen molar-refractivity contribution in [2.75, 3.05) is 0 Å². The number of ketones is 1. The second-order valence-electron chi connectivity index (χ2n) is 4.59. The molecule has 4 nitrogen and oxygen atoms in total. The zero-order valence-corrected chi connectivity index (χ0v) is 9.75. The van der Waals surface area contributed by atoms with Gasteiger partial charge in [-0.1, -0.05) is 24.3 Å². The van der Waals surface area contributed by atoms with Crippen LogP contribution in [0.2, 0.25) is 0 Å². The quantitative estimate of drug-likeness (QED) is 0.629. The summed E-state index contributed by atoms with van der Waals surface area (Å²) in [6, 6.07) is 11.6. The molecule has 0 radical (unpaired) electrons. The van der Waals surface area contributed by atoms with Crippen LogP contribution >= 0.6 is 0 Å². The van der Waals surface area contributed by atoms with Crippen molar-refractivity contribution in [2.45, 2.75) is 6.10 Å². The highest BCUT2D eigenvalue weighted by atomic mass is 17.2. The molecule has 0 N–H and O–H groups in total. The maximum absolute atomic E-state index is 11.9. The van der Waals surface area contributed by atoms with Crippen molar-refractivity contribution in [2.24, 2.45) is 0 Å². The number of hydrogen-bond donors (Lipinski definition) is 0. The average molecular weight is 252 g/mol. The molecule has 2 aliphatic rings. The fraction of sp³-hybridized carbons (Fsp3) is 0.0667. The highest BCUT2D eigenvalue weighted by Gasteiger charge is 2.39. The fourth-order valence-corrected chi connectivity index (χ4v) is 2.57. The van der Waals surface area contributed by atoms with Gasteiger partial charge in [-0.3, -0.25) is 9.68 Å². The van der Waals surface area contributed by atoms with E-state index in [2.05, 4.69) is 4.89 Å². The van der Waals surface area contributed by atoms with E-state index >= 15 is 0 Å². The summed E-state index contributed by atoms with van der Waals surface area (Å²) in [6.07, 6.45) is 0.582. The lowest BCUT2D eigenvalue weighted by Gasteiger charge is -2.08. The SMILES string of the molecule is O=C1OOC2C(=O)C=c3cc4ccccc4cc3=C12. The first-order valence-corrected chi connectivity index (χ1v) is 5.90. The largest absolute Gasteiger partial charge is 0.373 e. The molecular formula is C15H8O4. The maximum Gasteiger partial charge on any atom is 0.373 e. The summed E-state index contributed by atoms with van der Waals surface area (Å²) in [5.74, 6) is -0.841. The van der Waals surface area contributed by atoms with Gasteiger partial charge < -0.3 is 0 Å². The minimum absolute atomic E-state index is 0.261. The van der Waals surface area contributed by atoms with E-state index in [9.17, 15) is 9.59 Å². The van der Waals surface area contributed by atoms with E-state index in [1.165, 1.54) is 6.08 Å². The molecule has 92 valence electrons. The van der Waals surface area contributed by atoms with Crippen LogP contribution in [-0.2, 0) is 19.4 Å². The van der Waals surface area contributed by atoms with Gasteiger partial charge in [0, 0.05) is 0 Å². The zero-order chi connectivity index (χ0) is 13.0. The first-order chi connectivity index (χ1) is 9.24. The Kier molecular flexibility index (Phi) is 1.94. The van der Waals surface area contributed by atoms with Gasteiger partial charge >= 0.3 is 5.97 Å². The van der Waals surface area contributed by atoms with E-state index in [1.807, 2.05) is 36.4 Å². The summed E-state index contributed by atoms with van der Waals surface area (Å²) in [7, 11) is 0. The van der Waals surface area contributed by atoms with Crippen molar-refractivity contribution in [3.8, 4) is 0 Å². The molecule has 1 unspecified atom stereocenters. The van der Waals surface area contributed by atoms with Gasteiger partial charge in [-0.25, -0.2) is 4.79 Å². The van der Waals surface area contributed by atoms with E-state index in [0.29, 0.717) is 10.8 Å². The topological polar surface area (TPSA) is 52.6 Å². The summed E-state index contributed by atoms with van der Waals surface area (Å²) in [4.78, 5) is 32.9. The number of carbonyl (C=O) groups excluding carboxylic acids is 2. The summed E-state index contributed by atoms with van der Waals surface area (Å²) in [5.41, 5.74) is 0.299. The Bertz CT molecular complexity index is 863. The summed E-state index contributed by atoms with van der Waals surface area (Å²) in [5, 5.41) is 3.48. The van der Waals surface area contributed by atoms with E-state index < -0.39 is 12.1 Å². The van der Waals surface area contributed by atoms with Gasteiger partial charge in [0.1, 0.15) is 0 Å². The fourth-order valence-electron chi connectivity index (χ4n) is 2.57. The number of benzene rings is 2. The number of carbonyl (C=O) groups is 2. The first-order valence-electron chi connectivity index (χ1n) is 5.90. The Balaban J connectivity index is 2.22. The van der Waals surface area contributed by atoms with Gasteiger partial charge in [-0.05, 0) is 39.4 Å². The standard InChI is InChI=1S/C15H8O4/c16-12-7-10-5-8-3-1-2-4-9(8)6-11(10)13-14(12)18-19-15(13)17/h1-7,14H. The lowest BCUT2D eigenvalue weighted by Crippen LogP contribution is -2.39. The highest BCUT2D eigenvalue weighted by molar-refractivity contribution is 6.26. The molecule has 1 saturated heterocycles. The van der Waals surface area contributed by atoms with Crippen LogP contribution in [0, 0.1) is 0 Å². The second-order valence-corrected chi connectivity index (χ2v) is 4.59. The summed E-state index contributed by atoms with van der Waals surface area (Å²) < 4.78 is 0. The van der Waals surface area contributed by atoms with E-state index in [0.717, 1.165) is 16.0 Å². The molecule has 2 aromatic rings. The van der Waals surface area contributed by atoms with Crippen LogP contribution in [-0.4, -0.2) is 17.9 Å². The lowest BCUT2D eigenvalue weighted by molar-refractivity contribution is -0.255. The average Bonchev–Trinajstić information content (AvgIpc) is 2.80. The van der Waals surface area contributed by atoms with Gasteiger partial charge in [0.15, 0.2) is 11.9 Å². The summed E-state index contributed by atoms with van der Waals surface area (Å²) >= 11 is 0. The van der Waals surface area contributed by atoms with Crippen LogP contribution < -0.4 is 10.4 Å².